The van der Waals surface area contributed by atoms with Crippen LogP contribution in [-0.2, 0) is 0 Å². The summed E-state index contributed by atoms with van der Waals surface area (Å²) in [5.41, 5.74) is 6.95. The summed E-state index contributed by atoms with van der Waals surface area (Å²) in [6.07, 6.45) is 1.60. The summed E-state index contributed by atoms with van der Waals surface area (Å²) in [5, 5.41) is 20.0. The normalized spacial score (nSPS) is 10.7. The molecule has 164 valence electrons. The number of nitrogens with two attached hydrogens (primary N) is 1. The minimum Gasteiger partial charge on any atom is -0.491 e. The topological polar surface area (TPSA) is 92.1 Å². The lowest BCUT2D eigenvalue weighted by Gasteiger charge is -2.20. The lowest BCUT2D eigenvalue weighted by molar-refractivity contribution is 0.275. The van der Waals surface area contributed by atoms with Crippen molar-refractivity contribution in [2.24, 2.45) is 11.8 Å². The van der Waals surface area contributed by atoms with Gasteiger partial charge in [-0.15, -0.1) is 0 Å². The van der Waals surface area contributed by atoms with E-state index in [4.69, 9.17) is 26.8 Å². The second kappa shape index (κ2) is 11.7. The molecular weight excluding hydrogens is 430 g/mol. The van der Waals surface area contributed by atoms with E-state index in [1.54, 1.807) is 6.07 Å². The highest BCUT2D eigenvalue weighted by Crippen LogP contribution is 2.49. The average Bonchev–Trinajstić information content (AvgIpc) is 2.72. The summed E-state index contributed by atoms with van der Waals surface area (Å²) in [7, 11) is 0. The molecule has 0 heterocycles. The fourth-order valence-corrected chi connectivity index (χ4v) is 4.05. The summed E-state index contributed by atoms with van der Waals surface area (Å²) in [6, 6.07) is 11.6. The highest BCUT2D eigenvalue weighted by molar-refractivity contribution is 7.99. The lowest BCUT2D eigenvalue weighted by atomic mass is 10.1. The van der Waals surface area contributed by atoms with Gasteiger partial charge in [-0.25, -0.2) is 0 Å². The third-order valence-electron chi connectivity index (χ3n) is 4.55. The molecule has 2 rings (SSSR count). The number of ether oxygens (including phenoxy) is 2. The van der Waals surface area contributed by atoms with Crippen molar-refractivity contribution in [3.05, 3.63) is 40.4 Å². The van der Waals surface area contributed by atoms with E-state index in [1.807, 2.05) is 18.2 Å². The zero-order valence-electron chi connectivity index (χ0n) is 18.4. The number of nitrogens with zero attached hydrogens (tertiary/aromatic N) is 2. The van der Waals surface area contributed by atoms with E-state index in [2.05, 4.69) is 39.8 Å². The molecule has 0 spiro atoms. The standard InChI is InChI=1S/C24H28ClN3O2S/c1-15(2)9-11-29-22-17(13-26)18(14-27)23(30-12-10-16(3)4)24(21(22)25)31-20-8-6-5-7-19(20)28/h5-8,15-16H,9-12,28H2,1-4H3. The van der Waals surface area contributed by atoms with E-state index >= 15 is 0 Å². The van der Waals surface area contributed by atoms with Crippen LogP contribution in [0.2, 0.25) is 5.02 Å². The van der Waals surface area contributed by atoms with Gasteiger partial charge in [-0.3, -0.25) is 0 Å². The first kappa shape index (κ1) is 24.7. The number of nitrogen functional groups attached to an aromatic ring is 1. The second-order valence-corrected chi connectivity index (χ2v) is 9.41. The van der Waals surface area contributed by atoms with E-state index in [9.17, 15) is 10.5 Å². The maximum Gasteiger partial charge on any atom is 0.158 e. The van der Waals surface area contributed by atoms with Crippen molar-refractivity contribution in [2.45, 2.75) is 50.3 Å². The Morgan fingerprint density at radius 2 is 1.45 bits per heavy atom. The molecule has 0 amide bonds. The number of anilines is 1. The number of hydrogen-bond acceptors (Lipinski definition) is 6. The minimum absolute atomic E-state index is 0.0983. The minimum atomic E-state index is 0.0983. The Morgan fingerprint density at radius 3 is 1.97 bits per heavy atom. The van der Waals surface area contributed by atoms with Gasteiger partial charge in [0.25, 0.3) is 0 Å². The Bertz CT molecular complexity index is 994. The maximum atomic E-state index is 9.90. The predicted octanol–water partition coefficient (Wildman–Crippen LogP) is 6.67. The molecule has 0 saturated carbocycles. The maximum absolute atomic E-state index is 9.90. The number of halogens is 1. The molecule has 5 nitrogen and oxygen atoms in total. The SMILES string of the molecule is CC(C)CCOc1c(Cl)c(Sc2ccccc2N)c(OCCC(C)C)c(C#N)c1C#N. The van der Waals surface area contributed by atoms with Gasteiger partial charge in [0.1, 0.15) is 28.3 Å². The fourth-order valence-electron chi connectivity index (χ4n) is 2.71. The largest absolute Gasteiger partial charge is 0.491 e. The Labute approximate surface area is 194 Å². The van der Waals surface area contributed by atoms with Crippen LogP contribution in [0, 0.1) is 34.5 Å². The first-order valence-electron chi connectivity index (χ1n) is 10.3. The van der Waals surface area contributed by atoms with E-state index in [1.165, 1.54) is 11.8 Å². The summed E-state index contributed by atoms with van der Waals surface area (Å²) in [4.78, 5) is 1.30. The van der Waals surface area contributed by atoms with Gasteiger partial charge in [0.2, 0.25) is 0 Å². The molecule has 0 atom stereocenters. The second-order valence-electron chi connectivity index (χ2n) is 7.98. The summed E-state index contributed by atoms with van der Waals surface area (Å²) >= 11 is 8.07. The molecule has 0 aliphatic carbocycles. The van der Waals surface area contributed by atoms with Crippen molar-refractivity contribution in [3.63, 3.8) is 0 Å². The molecule has 0 aliphatic heterocycles. The third kappa shape index (κ3) is 6.47. The van der Waals surface area contributed by atoms with Gasteiger partial charge in [-0.1, -0.05) is 63.2 Å². The number of nitriles is 2. The van der Waals surface area contributed by atoms with Crippen molar-refractivity contribution >= 4 is 29.1 Å². The monoisotopic (exact) mass is 457 g/mol. The molecule has 2 aromatic rings. The van der Waals surface area contributed by atoms with Crippen molar-refractivity contribution in [1.29, 1.82) is 10.5 Å². The van der Waals surface area contributed by atoms with Gasteiger partial charge in [-0.05, 0) is 36.8 Å². The molecule has 0 saturated heterocycles. The molecule has 0 fully saturated rings. The van der Waals surface area contributed by atoms with Crippen LogP contribution in [0.15, 0.2) is 34.1 Å². The quantitative estimate of drug-likeness (QED) is 0.400. The Balaban J connectivity index is 2.62. The molecule has 31 heavy (non-hydrogen) atoms. The molecule has 0 radical (unpaired) electrons. The number of benzene rings is 2. The average molecular weight is 458 g/mol. The first-order chi connectivity index (χ1) is 14.8. The van der Waals surface area contributed by atoms with E-state index in [0.29, 0.717) is 41.4 Å². The number of hydrogen-bond donors (Lipinski definition) is 1. The van der Waals surface area contributed by atoms with Crippen molar-refractivity contribution in [1.82, 2.24) is 0 Å². The Hall–Kier alpha value is -2.54. The molecule has 7 heteroatoms. The summed E-state index contributed by atoms with van der Waals surface area (Å²) in [5.74, 6) is 1.37. The fraction of sp³-hybridized carbons (Fsp3) is 0.417. The van der Waals surface area contributed by atoms with E-state index in [-0.39, 0.29) is 21.9 Å². The van der Waals surface area contributed by atoms with Crippen LogP contribution >= 0.6 is 23.4 Å². The van der Waals surface area contributed by atoms with Crippen LogP contribution in [0.4, 0.5) is 5.69 Å². The molecule has 2 N–H and O–H groups in total. The number of rotatable bonds is 10. The zero-order valence-corrected chi connectivity index (χ0v) is 19.9. The van der Waals surface area contributed by atoms with E-state index < -0.39 is 0 Å². The highest BCUT2D eigenvalue weighted by Gasteiger charge is 2.27. The van der Waals surface area contributed by atoms with Crippen LogP contribution in [0.25, 0.3) is 0 Å². The van der Waals surface area contributed by atoms with Gasteiger partial charge in [-0.2, -0.15) is 10.5 Å². The van der Waals surface area contributed by atoms with Gasteiger partial charge < -0.3 is 15.2 Å². The van der Waals surface area contributed by atoms with Gasteiger partial charge in [0, 0.05) is 10.6 Å². The molecule has 0 aliphatic rings. The predicted molar refractivity (Wildman–Crippen MR) is 126 cm³/mol. The summed E-state index contributed by atoms with van der Waals surface area (Å²) in [6.45, 7) is 9.15. The molecule has 0 unspecified atom stereocenters. The Morgan fingerprint density at radius 1 is 0.935 bits per heavy atom. The Kier molecular flexibility index (Phi) is 9.37. The number of para-hydroxylation sites is 1. The van der Waals surface area contributed by atoms with E-state index in [0.717, 1.165) is 17.7 Å². The lowest BCUT2D eigenvalue weighted by Crippen LogP contribution is -2.08. The zero-order chi connectivity index (χ0) is 23.0. The van der Waals surface area contributed by atoms with Gasteiger partial charge >= 0.3 is 0 Å². The van der Waals surface area contributed by atoms with Crippen LogP contribution in [0.1, 0.15) is 51.7 Å². The molecule has 0 aromatic heterocycles. The van der Waals surface area contributed by atoms with Gasteiger partial charge in [0.15, 0.2) is 11.5 Å². The van der Waals surface area contributed by atoms with Crippen molar-refractivity contribution in [2.75, 3.05) is 18.9 Å². The summed E-state index contributed by atoms with van der Waals surface area (Å²) < 4.78 is 11.9. The molecular formula is C24H28ClN3O2S. The molecule has 0 bridgehead atoms. The van der Waals surface area contributed by atoms with Gasteiger partial charge in [0.05, 0.1) is 18.1 Å². The molecule has 2 aromatic carbocycles. The van der Waals surface area contributed by atoms with Crippen LogP contribution in [0.5, 0.6) is 11.5 Å². The first-order valence-corrected chi connectivity index (χ1v) is 11.5. The van der Waals surface area contributed by atoms with Crippen LogP contribution < -0.4 is 15.2 Å². The third-order valence-corrected chi connectivity index (χ3v) is 6.20. The highest BCUT2D eigenvalue weighted by atomic mass is 35.5. The smallest absolute Gasteiger partial charge is 0.158 e. The van der Waals surface area contributed by atoms with Crippen LogP contribution in [0.3, 0.4) is 0 Å². The van der Waals surface area contributed by atoms with Crippen molar-refractivity contribution < 1.29 is 9.47 Å². The van der Waals surface area contributed by atoms with Crippen molar-refractivity contribution in [3.8, 4) is 23.6 Å². The van der Waals surface area contributed by atoms with Crippen LogP contribution in [-0.4, -0.2) is 13.2 Å².